The van der Waals surface area contributed by atoms with Crippen molar-refractivity contribution in [2.45, 2.75) is 25.7 Å². The summed E-state index contributed by atoms with van der Waals surface area (Å²) in [4.78, 5) is 10.6. The maximum atomic E-state index is 11.6. The van der Waals surface area contributed by atoms with Crippen molar-refractivity contribution in [1.29, 1.82) is 0 Å². The smallest absolute Gasteiger partial charge is 0.303 e. The lowest BCUT2D eigenvalue weighted by molar-refractivity contribution is -0.138. The summed E-state index contributed by atoms with van der Waals surface area (Å²) in [6.45, 7) is 0.623. The number of rotatable bonds is 8. The highest BCUT2D eigenvalue weighted by Gasteiger charge is 2.45. The third kappa shape index (κ3) is 4.75. The molecule has 1 unspecified atom stereocenters. The van der Waals surface area contributed by atoms with E-state index in [0.717, 1.165) is 19.3 Å². The summed E-state index contributed by atoms with van der Waals surface area (Å²) in [5, 5.41) is 8.70. The van der Waals surface area contributed by atoms with Crippen molar-refractivity contribution in [2.75, 3.05) is 25.2 Å². The summed E-state index contributed by atoms with van der Waals surface area (Å²) in [5.41, 5.74) is -0.149. The van der Waals surface area contributed by atoms with Crippen LogP contribution in [0.15, 0.2) is 0 Å². The molecule has 1 rings (SSSR count). The molecule has 1 atom stereocenters. The summed E-state index contributed by atoms with van der Waals surface area (Å²) >= 11 is 0. The maximum Gasteiger partial charge on any atom is 0.303 e. The van der Waals surface area contributed by atoms with E-state index >= 15 is 0 Å². The van der Waals surface area contributed by atoms with Gasteiger partial charge in [-0.15, -0.1) is 0 Å². The van der Waals surface area contributed by atoms with Crippen LogP contribution in [0.2, 0.25) is 0 Å². The maximum absolute atomic E-state index is 11.6. The van der Waals surface area contributed by atoms with Gasteiger partial charge in [0.2, 0.25) is 0 Å². The second kappa shape index (κ2) is 5.61. The Morgan fingerprint density at radius 1 is 1.53 bits per heavy atom. The van der Waals surface area contributed by atoms with Crippen LogP contribution in [0, 0.1) is 5.41 Å². The molecule has 0 aromatic rings. The molecule has 0 bridgehead atoms. The van der Waals surface area contributed by atoms with Crippen LogP contribution in [0.1, 0.15) is 25.7 Å². The largest absolute Gasteiger partial charge is 0.481 e. The van der Waals surface area contributed by atoms with Gasteiger partial charge in [0.1, 0.15) is 0 Å². The summed E-state index contributed by atoms with van der Waals surface area (Å²) in [6.07, 6.45) is 2.78. The van der Waals surface area contributed by atoms with Gasteiger partial charge in [-0.3, -0.25) is 9.00 Å². The van der Waals surface area contributed by atoms with Crippen molar-refractivity contribution in [3.8, 4) is 0 Å². The van der Waals surface area contributed by atoms with Crippen molar-refractivity contribution in [3.05, 3.63) is 0 Å². The lowest BCUT2D eigenvalue weighted by atomic mass is 10.1. The minimum atomic E-state index is -0.888. The molecule has 0 aromatic heterocycles. The lowest BCUT2D eigenvalue weighted by Crippen LogP contribution is -2.18. The normalized spacial score (nSPS) is 19.8. The Bertz CT molecular complexity index is 248. The Kier molecular flexibility index (Phi) is 4.73. The quantitative estimate of drug-likeness (QED) is 0.637. The van der Waals surface area contributed by atoms with Gasteiger partial charge in [0, 0.05) is 36.0 Å². The van der Waals surface area contributed by atoms with Crippen LogP contribution in [0.25, 0.3) is 0 Å². The molecule has 88 valence electrons. The van der Waals surface area contributed by atoms with Crippen molar-refractivity contribution in [3.63, 3.8) is 0 Å². The zero-order chi connectivity index (χ0) is 11.3. The average Bonchev–Trinajstić information content (AvgIpc) is 2.83. The first kappa shape index (κ1) is 12.6. The van der Waals surface area contributed by atoms with Crippen LogP contribution in [-0.2, 0) is 20.3 Å². The number of methoxy groups -OCH3 is 1. The first-order valence-electron chi connectivity index (χ1n) is 5.14. The van der Waals surface area contributed by atoms with Gasteiger partial charge < -0.3 is 9.84 Å². The van der Waals surface area contributed by atoms with E-state index in [2.05, 4.69) is 0 Å². The number of carbonyl (C=O) groups is 1. The van der Waals surface area contributed by atoms with Crippen molar-refractivity contribution in [1.82, 2.24) is 0 Å². The van der Waals surface area contributed by atoms with E-state index in [1.165, 1.54) is 0 Å². The van der Waals surface area contributed by atoms with E-state index in [4.69, 9.17) is 9.84 Å². The van der Waals surface area contributed by atoms with E-state index in [9.17, 15) is 9.00 Å². The SMILES string of the molecule is COCCCS(=O)CC1(CC(=O)O)CC1. The van der Waals surface area contributed by atoms with Crippen LogP contribution in [0.3, 0.4) is 0 Å². The summed E-state index contributed by atoms with van der Waals surface area (Å²) < 4.78 is 16.5. The Balaban J connectivity index is 2.22. The fourth-order valence-electron chi connectivity index (χ4n) is 1.65. The van der Waals surface area contributed by atoms with E-state index in [0.29, 0.717) is 18.1 Å². The van der Waals surface area contributed by atoms with Crippen molar-refractivity contribution < 1.29 is 18.8 Å². The van der Waals surface area contributed by atoms with Crippen LogP contribution in [-0.4, -0.2) is 40.5 Å². The molecule has 1 aliphatic carbocycles. The third-order valence-corrected chi connectivity index (χ3v) is 4.35. The van der Waals surface area contributed by atoms with Gasteiger partial charge in [-0.05, 0) is 24.7 Å². The first-order valence-corrected chi connectivity index (χ1v) is 6.62. The molecule has 1 fully saturated rings. The second-order valence-electron chi connectivity index (χ2n) is 4.21. The standard InChI is InChI=1S/C10H18O4S/c1-14-5-2-6-15(13)8-10(3-4-10)7-9(11)12/h2-8H2,1H3,(H,11,12). The topological polar surface area (TPSA) is 63.6 Å². The highest BCUT2D eigenvalue weighted by atomic mass is 32.2. The Morgan fingerprint density at radius 3 is 2.67 bits per heavy atom. The third-order valence-electron chi connectivity index (χ3n) is 2.67. The fraction of sp³-hybridized carbons (Fsp3) is 0.900. The highest BCUT2D eigenvalue weighted by molar-refractivity contribution is 7.85. The molecule has 5 heteroatoms. The van der Waals surface area contributed by atoms with Gasteiger partial charge in [-0.25, -0.2) is 0 Å². The zero-order valence-electron chi connectivity index (χ0n) is 9.03. The molecule has 0 amide bonds. The first-order chi connectivity index (χ1) is 7.08. The Hall–Kier alpha value is -0.420. The molecule has 0 aliphatic heterocycles. The van der Waals surface area contributed by atoms with Gasteiger partial charge in [0.25, 0.3) is 0 Å². The summed E-state index contributed by atoms with van der Waals surface area (Å²) in [5.74, 6) is 0.388. The van der Waals surface area contributed by atoms with E-state index in [1.807, 2.05) is 0 Å². The molecule has 0 heterocycles. The number of ether oxygens (including phenoxy) is 1. The molecular formula is C10H18O4S. The number of carboxylic acids is 1. The molecular weight excluding hydrogens is 216 g/mol. The average molecular weight is 234 g/mol. The molecule has 1 aliphatic rings. The van der Waals surface area contributed by atoms with Crippen LogP contribution in [0.4, 0.5) is 0 Å². The van der Waals surface area contributed by atoms with Crippen LogP contribution < -0.4 is 0 Å². The molecule has 0 radical (unpaired) electrons. The molecule has 4 nitrogen and oxygen atoms in total. The predicted molar refractivity (Wildman–Crippen MR) is 58.3 cm³/mol. The van der Waals surface area contributed by atoms with Crippen LogP contribution in [0.5, 0.6) is 0 Å². The molecule has 0 spiro atoms. The fourth-order valence-corrected chi connectivity index (χ4v) is 3.31. The molecule has 15 heavy (non-hydrogen) atoms. The number of hydrogen-bond acceptors (Lipinski definition) is 3. The minimum Gasteiger partial charge on any atom is -0.481 e. The lowest BCUT2D eigenvalue weighted by Gasteiger charge is -2.11. The van der Waals surface area contributed by atoms with Crippen molar-refractivity contribution in [2.24, 2.45) is 5.41 Å². The Morgan fingerprint density at radius 2 is 2.20 bits per heavy atom. The number of hydrogen-bond donors (Lipinski definition) is 1. The van der Waals surface area contributed by atoms with E-state index in [1.54, 1.807) is 7.11 Å². The molecule has 1 saturated carbocycles. The van der Waals surface area contributed by atoms with Gasteiger partial charge in [0.05, 0.1) is 6.42 Å². The van der Waals surface area contributed by atoms with Gasteiger partial charge in [0.15, 0.2) is 0 Å². The molecule has 0 saturated heterocycles. The zero-order valence-corrected chi connectivity index (χ0v) is 9.85. The summed E-state index contributed by atoms with van der Waals surface area (Å²) in [6, 6.07) is 0. The molecule has 1 N–H and O–H groups in total. The highest BCUT2D eigenvalue weighted by Crippen LogP contribution is 2.49. The predicted octanol–water partition coefficient (Wildman–Crippen LogP) is 1.03. The van der Waals surface area contributed by atoms with E-state index in [-0.39, 0.29) is 11.8 Å². The van der Waals surface area contributed by atoms with Crippen molar-refractivity contribution >= 4 is 16.8 Å². The van der Waals surface area contributed by atoms with Crippen LogP contribution >= 0.6 is 0 Å². The van der Waals surface area contributed by atoms with Gasteiger partial charge in [-0.1, -0.05) is 0 Å². The number of carboxylic acid groups (broad SMARTS) is 1. The monoisotopic (exact) mass is 234 g/mol. The molecule has 0 aromatic carbocycles. The van der Waals surface area contributed by atoms with Gasteiger partial charge in [-0.2, -0.15) is 0 Å². The Labute approximate surface area is 92.5 Å². The summed E-state index contributed by atoms with van der Waals surface area (Å²) in [7, 11) is 0.733. The van der Waals surface area contributed by atoms with E-state index < -0.39 is 16.8 Å². The van der Waals surface area contributed by atoms with Gasteiger partial charge >= 0.3 is 5.97 Å². The number of aliphatic carboxylic acids is 1. The minimum absolute atomic E-state index is 0.149. The second-order valence-corrected chi connectivity index (χ2v) is 5.78.